The molecule has 0 spiro atoms. The molecule has 0 bridgehead atoms. The predicted octanol–water partition coefficient (Wildman–Crippen LogP) is 5.40. The van der Waals surface area contributed by atoms with Crippen molar-refractivity contribution in [3.8, 4) is 0 Å². The van der Waals surface area contributed by atoms with E-state index in [-0.39, 0.29) is 43.8 Å². The average molecular weight is 408 g/mol. The van der Waals surface area contributed by atoms with Gasteiger partial charge in [-0.2, -0.15) is 13.1 Å². The Bertz CT molecular complexity index is 522. The van der Waals surface area contributed by atoms with E-state index in [1.54, 1.807) is 0 Å². The Morgan fingerprint density at radius 3 is 2.09 bits per heavy atom. The maximum absolute atomic E-state index is 13.2. The van der Waals surface area contributed by atoms with E-state index in [1.165, 1.54) is 6.42 Å². The summed E-state index contributed by atoms with van der Waals surface area (Å²) in [7, 11) is -1.33. The molecule has 1 aliphatic carbocycles. The van der Waals surface area contributed by atoms with Crippen LogP contribution >= 0.6 is 7.26 Å². The van der Waals surface area contributed by atoms with Gasteiger partial charge in [0, 0.05) is 50.7 Å². The van der Waals surface area contributed by atoms with Crippen LogP contribution in [0.3, 0.4) is 0 Å². The maximum Gasteiger partial charge on any atom is 0.265 e. The van der Waals surface area contributed by atoms with Crippen molar-refractivity contribution in [2.24, 2.45) is 0 Å². The third-order valence-electron chi connectivity index (χ3n) is 5.80. The Balaban J connectivity index is 0.00000264. The summed E-state index contributed by atoms with van der Waals surface area (Å²) in [5.74, 6) is 0.270. The number of carbonyl (C=O) groups excluding carboxylic acids is 1. The average Bonchev–Trinajstić information content (AvgIpc) is 2.46. The number of hydrogen-bond acceptors (Lipinski definition) is 1. The third kappa shape index (κ3) is 3.60. The first-order valence-electron chi connectivity index (χ1n) is 8.51. The zero-order chi connectivity index (χ0) is 16.4. The van der Waals surface area contributed by atoms with Gasteiger partial charge >= 0.3 is 0 Å². The zero-order valence-corrected chi connectivity index (χ0v) is 19.0. The molecule has 0 heterocycles. The Morgan fingerprint density at radius 1 is 1.22 bits per heavy atom. The van der Waals surface area contributed by atoms with Crippen LogP contribution in [0.15, 0.2) is 18.2 Å². The number of para-hydroxylation sites is 1. The van der Waals surface area contributed by atoms with Crippen molar-refractivity contribution in [1.82, 2.24) is 0 Å². The Labute approximate surface area is 167 Å². The molecule has 1 radical (unpaired) electrons. The van der Waals surface area contributed by atoms with Gasteiger partial charge in [0.25, 0.3) is 5.91 Å². The first-order valence-corrected chi connectivity index (χ1v) is 10.7. The molecule has 2 rings (SSSR count). The predicted molar refractivity (Wildman–Crippen MR) is 99.1 cm³/mol. The number of hydrogen-bond donors (Lipinski definition) is 1. The molecular formula is C19H30NOPY. The van der Waals surface area contributed by atoms with Gasteiger partial charge in [0.1, 0.15) is 5.16 Å². The minimum atomic E-state index is -1.33. The third-order valence-corrected chi connectivity index (χ3v) is 11.4. The van der Waals surface area contributed by atoms with E-state index >= 15 is 0 Å². The van der Waals surface area contributed by atoms with Gasteiger partial charge < -0.3 is 5.32 Å². The number of anilines is 1. The molecule has 0 saturated heterocycles. The Kier molecular flexibility index (Phi) is 7.90. The fourth-order valence-electron chi connectivity index (χ4n) is 4.07. The number of nitrogens with one attached hydrogen (secondary N) is 1. The monoisotopic (exact) mass is 408 g/mol. The van der Waals surface area contributed by atoms with Crippen LogP contribution in [0.1, 0.15) is 51.2 Å². The van der Waals surface area contributed by atoms with E-state index in [9.17, 15) is 4.79 Å². The van der Waals surface area contributed by atoms with Crippen molar-refractivity contribution in [3.63, 3.8) is 0 Å². The Morgan fingerprint density at radius 2 is 1.74 bits per heavy atom. The van der Waals surface area contributed by atoms with Crippen molar-refractivity contribution in [2.75, 3.05) is 17.6 Å². The van der Waals surface area contributed by atoms with Crippen LogP contribution in [0, 0.1) is 20.0 Å². The second-order valence-corrected chi connectivity index (χ2v) is 11.2. The standard InChI is InChI=1S/C19H30NOP.Y/c1-6-22(7-2,8-3)19(13-10-14-19)18(21)20-17-15(4)11-9-12-16(17)5;/h6,9,11-12H,7-8,10,13-14H2,1-5H3,(H,20,21);. The van der Waals surface area contributed by atoms with E-state index in [0.717, 1.165) is 42.0 Å². The zero-order valence-electron chi connectivity index (χ0n) is 15.3. The first kappa shape index (κ1) is 21.3. The van der Waals surface area contributed by atoms with Gasteiger partial charge in [-0.25, -0.2) is 0 Å². The van der Waals surface area contributed by atoms with E-state index < -0.39 is 7.26 Å². The molecule has 1 aromatic carbocycles. The minimum Gasteiger partial charge on any atom is -0.322 e. The van der Waals surface area contributed by atoms with Crippen molar-refractivity contribution in [2.45, 2.75) is 59.0 Å². The minimum absolute atomic E-state index is 0. The molecule has 1 saturated carbocycles. The second-order valence-electron chi connectivity index (χ2n) is 6.53. The van der Waals surface area contributed by atoms with Crippen molar-refractivity contribution >= 4 is 18.9 Å². The van der Waals surface area contributed by atoms with Gasteiger partial charge in [0.2, 0.25) is 0 Å². The topological polar surface area (TPSA) is 29.1 Å². The van der Waals surface area contributed by atoms with Crippen LogP contribution in [0.5, 0.6) is 0 Å². The van der Waals surface area contributed by atoms with Gasteiger partial charge in [0.15, 0.2) is 0 Å². The quantitative estimate of drug-likeness (QED) is 0.496. The molecule has 2 nitrogen and oxygen atoms in total. The van der Waals surface area contributed by atoms with Crippen molar-refractivity contribution in [1.29, 1.82) is 0 Å². The largest absolute Gasteiger partial charge is 0.322 e. The number of amides is 1. The molecule has 4 heteroatoms. The number of carbonyl (C=O) groups is 1. The second kappa shape index (κ2) is 8.55. The fraction of sp³-hybridized carbons (Fsp3) is 0.579. The molecule has 125 valence electrons. The van der Waals surface area contributed by atoms with Crippen LogP contribution in [0.4, 0.5) is 5.69 Å². The van der Waals surface area contributed by atoms with Crippen LogP contribution in [0.25, 0.3) is 0 Å². The normalized spacial score (nSPS) is 16.2. The van der Waals surface area contributed by atoms with Crippen LogP contribution in [0.2, 0.25) is 0 Å². The Hall–Kier alpha value is 0.224. The molecule has 0 aliphatic heterocycles. The number of benzene rings is 1. The molecule has 1 N–H and O–H groups in total. The van der Waals surface area contributed by atoms with Crippen molar-refractivity contribution in [3.05, 3.63) is 35.5 Å². The summed E-state index contributed by atoms with van der Waals surface area (Å²) in [5, 5.41) is 3.19. The SMILES string of the molecule is C[CH-][P+](CC)(CC)C1(C(=O)Nc2c(C)cccc2C)CCC1.[Y]. The van der Waals surface area contributed by atoms with Gasteiger partial charge in [-0.3, -0.25) is 4.79 Å². The molecule has 23 heavy (non-hydrogen) atoms. The summed E-state index contributed by atoms with van der Waals surface area (Å²) in [6.45, 7) is 10.9. The van der Waals surface area contributed by atoms with Gasteiger partial charge in [-0.1, -0.05) is 18.2 Å². The van der Waals surface area contributed by atoms with E-state index in [1.807, 2.05) is 0 Å². The molecule has 1 amide bonds. The van der Waals surface area contributed by atoms with Crippen LogP contribution in [-0.2, 0) is 37.5 Å². The molecule has 1 aliphatic rings. The van der Waals surface area contributed by atoms with Gasteiger partial charge in [-0.15, -0.1) is 7.26 Å². The summed E-state index contributed by atoms with van der Waals surface area (Å²) in [6.07, 6.45) is 7.99. The van der Waals surface area contributed by atoms with E-state index in [0.29, 0.717) is 0 Å². The summed E-state index contributed by atoms with van der Waals surface area (Å²) in [6, 6.07) is 6.20. The van der Waals surface area contributed by atoms with Crippen molar-refractivity contribution < 1.29 is 37.5 Å². The molecule has 1 fully saturated rings. The summed E-state index contributed by atoms with van der Waals surface area (Å²) in [5.41, 5.74) is 3.32. The van der Waals surface area contributed by atoms with E-state index in [2.05, 4.69) is 64.3 Å². The van der Waals surface area contributed by atoms with Gasteiger partial charge in [0.05, 0.1) is 0 Å². The summed E-state index contributed by atoms with van der Waals surface area (Å²) < 4.78 is 0. The molecule has 0 atom stereocenters. The maximum atomic E-state index is 13.2. The first-order chi connectivity index (χ1) is 10.5. The number of aryl methyl sites for hydroxylation is 2. The molecule has 0 aromatic heterocycles. The molecule has 1 aromatic rings. The fourth-order valence-corrected chi connectivity index (χ4v) is 8.62. The van der Waals surface area contributed by atoms with Crippen LogP contribution in [-0.4, -0.2) is 23.4 Å². The van der Waals surface area contributed by atoms with Crippen LogP contribution < -0.4 is 5.32 Å². The number of rotatable bonds is 6. The molecular weight excluding hydrogens is 378 g/mol. The summed E-state index contributed by atoms with van der Waals surface area (Å²) >= 11 is 0. The molecule has 0 unspecified atom stereocenters. The smallest absolute Gasteiger partial charge is 0.265 e. The summed E-state index contributed by atoms with van der Waals surface area (Å²) in [4.78, 5) is 13.2. The van der Waals surface area contributed by atoms with E-state index in [4.69, 9.17) is 0 Å². The van der Waals surface area contributed by atoms with Gasteiger partial charge in [-0.05, 0) is 58.1 Å².